The molecule has 4 rings (SSSR count). The largest absolute Gasteiger partial charge is 0.353 e. The summed E-state index contributed by atoms with van der Waals surface area (Å²) in [4.78, 5) is 4.84. The van der Waals surface area contributed by atoms with Gasteiger partial charge in [-0.05, 0) is 30.7 Å². The molecule has 3 heterocycles. The van der Waals surface area contributed by atoms with Crippen molar-refractivity contribution in [2.45, 2.75) is 6.92 Å². The number of aryl methyl sites for hydroxylation is 2. The van der Waals surface area contributed by atoms with Crippen LogP contribution in [0.5, 0.6) is 0 Å². The number of nitrogens with zero attached hydrogens (tertiary/aromatic N) is 3. The maximum atomic E-state index is 4.84. The molecule has 0 radical (unpaired) electrons. The van der Waals surface area contributed by atoms with Gasteiger partial charge in [0.2, 0.25) is 0 Å². The summed E-state index contributed by atoms with van der Waals surface area (Å²) in [5.74, 6) is 0. The molecule has 0 fully saturated rings. The predicted molar refractivity (Wildman–Crippen MR) is 96.3 cm³/mol. The van der Waals surface area contributed by atoms with Gasteiger partial charge in [-0.1, -0.05) is 18.2 Å². The van der Waals surface area contributed by atoms with Crippen molar-refractivity contribution in [3.63, 3.8) is 0 Å². The minimum Gasteiger partial charge on any atom is -0.353 e. The fraction of sp³-hybridized carbons (Fsp3) is 0.111. The van der Waals surface area contributed by atoms with E-state index in [2.05, 4.69) is 40.9 Å². The normalized spacial score (nSPS) is 11.0. The third-order valence-electron chi connectivity index (χ3n) is 3.83. The van der Waals surface area contributed by atoms with Crippen molar-refractivity contribution in [3.8, 4) is 11.3 Å². The number of rotatable bonds is 3. The lowest BCUT2D eigenvalue weighted by Crippen LogP contribution is -1.93. The molecule has 0 aliphatic carbocycles. The lowest BCUT2D eigenvalue weighted by Gasteiger charge is -2.08. The summed E-state index contributed by atoms with van der Waals surface area (Å²) >= 11 is 1.70. The molecule has 0 saturated heterocycles. The number of nitrogens with one attached hydrogen (secondary N) is 1. The zero-order chi connectivity index (χ0) is 15.8. The quantitative estimate of drug-likeness (QED) is 0.592. The number of para-hydroxylation sites is 1. The number of benzene rings is 1. The zero-order valence-corrected chi connectivity index (χ0v) is 13.8. The van der Waals surface area contributed by atoms with Crippen molar-refractivity contribution in [1.82, 2.24) is 14.8 Å². The molecule has 0 atom stereocenters. The number of aromatic nitrogens is 3. The molecule has 23 heavy (non-hydrogen) atoms. The highest BCUT2D eigenvalue weighted by Crippen LogP contribution is 2.33. The molecule has 0 bridgehead atoms. The van der Waals surface area contributed by atoms with Crippen molar-refractivity contribution >= 4 is 32.9 Å². The van der Waals surface area contributed by atoms with Crippen LogP contribution in [-0.4, -0.2) is 14.8 Å². The topological polar surface area (TPSA) is 42.7 Å². The third kappa shape index (κ3) is 2.59. The number of thiophene rings is 1. The smallest absolute Gasteiger partial charge is 0.105 e. The van der Waals surface area contributed by atoms with Crippen LogP contribution in [0.25, 0.3) is 21.5 Å². The van der Waals surface area contributed by atoms with Crippen LogP contribution in [-0.2, 0) is 7.05 Å². The molecule has 0 aliphatic rings. The standard InChI is InChI=1S/C18H16N4S/c1-12-5-3-4-6-14(12)20-16-11-23-17-8-7-15(21-18(16)17)13-9-19-22(2)10-13/h3-11,20H,1-2H3. The Hall–Kier alpha value is -2.66. The molecule has 0 unspecified atom stereocenters. The Balaban J connectivity index is 1.77. The van der Waals surface area contributed by atoms with Crippen LogP contribution in [0.2, 0.25) is 0 Å². The molecule has 0 aliphatic heterocycles. The van der Waals surface area contributed by atoms with Crippen LogP contribution in [0.4, 0.5) is 11.4 Å². The number of fused-ring (bicyclic) bond motifs is 1. The lowest BCUT2D eigenvalue weighted by molar-refractivity contribution is 0.768. The Morgan fingerprint density at radius 3 is 2.74 bits per heavy atom. The molecule has 1 N–H and O–H groups in total. The molecular weight excluding hydrogens is 304 g/mol. The van der Waals surface area contributed by atoms with Crippen molar-refractivity contribution in [3.05, 3.63) is 59.7 Å². The van der Waals surface area contributed by atoms with Gasteiger partial charge in [-0.25, -0.2) is 4.98 Å². The van der Waals surface area contributed by atoms with Crippen LogP contribution in [0.3, 0.4) is 0 Å². The van der Waals surface area contributed by atoms with Gasteiger partial charge < -0.3 is 5.32 Å². The first kappa shape index (κ1) is 14.0. The second-order valence-corrected chi connectivity index (χ2v) is 6.45. The Labute approximate surface area is 138 Å². The number of pyridine rings is 1. The van der Waals surface area contributed by atoms with E-state index in [1.54, 1.807) is 16.0 Å². The second-order valence-electron chi connectivity index (χ2n) is 5.54. The van der Waals surface area contributed by atoms with Gasteiger partial charge in [0, 0.05) is 29.9 Å². The van der Waals surface area contributed by atoms with E-state index in [0.717, 1.165) is 28.1 Å². The Morgan fingerprint density at radius 2 is 1.96 bits per heavy atom. The first-order valence-electron chi connectivity index (χ1n) is 7.40. The monoisotopic (exact) mass is 320 g/mol. The van der Waals surface area contributed by atoms with Gasteiger partial charge in [-0.15, -0.1) is 11.3 Å². The summed E-state index contributed by atoms with van der Waals surface area (Å²) in [5, 5.41) is 9.85. The second kappa shape index (κ2) is 5.52. The van der Waals surface area contributed by atoms with E-state index in [0.29, 0.717) is 0 Å². The molecular formula is C18H16N4S. The van der Waals surface area contributed by atoms with E-state index < -0.39 is 0 Å². The van der Waals surface area contributed by atoms with E-state index in [4.69, 9.17) is 4.98 Å². The van der Waals surface area contributed by atoms with Gasteiger partial charge in [-0.3, -0.25) is 4.68 Å². The molecule has 5 heteroatoms. The molecule has 4 nitrogen and oxygen atoms in total. The zero-order valence-electron chi connectivity index (χ0n) is 12.9. The maximum absolute atomic E-state index is 4.84. The average molecular weight is 320 g/mol. The third-order valence-corrected chi connectivity index (χ3v) is 4.77. The van der Waals surface area contributed by atoms with Crippen LogP contribution in [0.15, 0.2) is 54.2 Å². The molecule has 0 spiro atoms. The maximum Gasteiger partial charge on any atom is 0.105 e. The van der Waals surface area contributed by atoms with Gasteiger partial charge in [0.25, 0.3) is 0 Å². The molecule has 3 aromatic heterocycles. The van der Waals surface area contributed by atoms with Crippen LogP contribution in [0.1, 0.15) is 5.56 Å². The van der Waals surface area contributed by atoms with Gasteiger partial charge in [0.15, 0.2) is 0 Å². The molecule has 4 aromatic rings. The molecule has 0 saturated carbocycles. The van der Waals surface area contributed by atoms with Crippen LogP contribution >= 0.6 is 11.3 Å². The number of anilines is 2. The Morgan fingerprint density at radius 1 is 1.09 bits per heavy atom. The van der Waals surface area contributed by atoms with E-state index in [-0.39, 0.29) is 0 Å². The minimum absolute atomic E-state index is 0.942. The lowest BCUT2D eigenvalue weighted by atomic mass is 10.2. The number of hydrogen-bond acceptors (Lipinski definition) is 4. The fourth-order valence-corrected chi connectivity index (χ4v) is 3.40. The van der Waals surface area contributed by atoms with E-state index in [1.807, 2.05) is 37.6 Å². The van der Waals surface area contributed by atoms with Gasteiger partial charge >= 0.3 is 0 Å². The van der Waals surface area contributed by atoms with Crippen LogP contribution < -0.4 is 5.32 Å². The van der Waals surface area contributed by atoms with Crippen LogP contribution in [0, 0.1) is 6.92 Å². The highest BCUT2D eigenvalue weighted by molar-refractivity contribution is 7.17. The fourth-order valence-electron chi connectivity index (χ4n) is 2.57. The molecule has 114 valence electrons. The van der Waals surface area contributed by atoms with Gasteiger partial charge in [0.1, 0.15) is 5.52 Å². The van der Waals surface area contributed by atoms with E-state index in [9.17, 15) is 0 Å². The molecule has 1 aromatic carbocycles. The van der Waals surface area contributed by atoms with E-state index in [1.165, 1.54) is 10.3 Å². The van der Waals surface area contributed by atoms with Gasteiger partial charge in [0.05, 0.1) is 22.3 Å². The van der Waals surface area contributed by atoms with E-state index >= 15 is 0 Å². The van der Waals surface area contributed by atoms with Crippen molar-refractivity contribution < 1.29 is 0 Å². The summed E-state index contributed by atoms with van der Waals surface area (Å²) in [7, 11) is 1.91. The van der Waals surface area contributed by atoms with Crippen molar-refractivity contribution in [2.75, 3.05) is 5.32 Å². The summed E-state index contributed by atoms with van der Waals surface area (Å²) < 4.78 is 2.97. The van der Waals surface area contributed by atoms with Gasteiger partial charge in [-0.2, -0.15) is 5.10 Å². The Bertz CT molecular complexity index is 984. The highest BCUT2D eigenvalue weighted by atomic mass is 32.1. The predicted octanol–water partition coefficient (Wildman–Crippen LogP) is 4.75. The first-order chi connectivity index (χ1) is 11.2. The summed E-state index contributed by atoms with van der Waals surface area (Å²) in [6.45, 7) is 2.10. The summed E-state index contributed by atoms with van der Waals surface area (Å²) in [5.41, 5.74) is 6.35. The SMILES string of the molecule is Cc1ccccc1Nc1csc2ccc(-c3cnn(C)c3)nc12. The first-order valence-corrected chi connectivity index (χ1v) is 8.28. The minimum atomic E-state index is 0.942. The highest BCUT2D eigenvalue weighted by Gasteiger charge is 2.10. The Kier molecular flexibility index (Phi) is 3.35. The summed E-state index contributed by atoms with van der Waals surface area (Å²) in [6.07, 6.45) is 3.82. The van der Waals surface area contributed by atoms with Crippen molar-refractivity contribution in [1.29, 1.82) is 0 Å². The summed E-state index contributed by atoms with van der Waals surface area (Å²) in [6, 6.07) is 12.4. The van der Waals surface area contributed by atoms with Crippen molar-refractivity contribution in [2.24, 2.45) is 7.05 Å². The molecule has 0 amide bonds. The average Bonchev–Trinajstić information content (AvgIpc) is 3.16. The number of hydrogen-bond donors (Lipinski definition) is 1.